The van der Waals surface area contributed by atoms with Gasteiger partial charge in [-0.3, -0.25) is 0 Å². The van der Waals surface area contributed by atoms with Gasteiger partial charge in [0.2, 0.25) is 0 Å². The molecule has 3 fully saturated rings. The molecule has 1 saturated heterocycles. The minimum atomic E-state index is -0.203. The third kappa shape index (κ3) is 1.43. The minimum absolute atomic E-state index is 0.0192. The molecule has 0 aromatic carbocycles. The van der Waals surface area contributed by atoms with Gasteiger partial charge in [-0.05, 0) is 31.6 Å². The Hall–Kier alpha value is -1.31. The topological polar surface area (TPSA) is 26.3 Å². The normalized spacial score (nSPS) is 40.9. The van der Waals surface area contributed by atoms with Crippen molar-refractivity contribution >= 4 is 5.97 Å². The molecular weight excluding hydrogens is 212 g/mol. The molecular formula is C15H18O2. The van der Waals surface area contributed by atoms with Crippen molar-refractivity contribution in [2.24, 2.45) is 17.8 Å². The fraction of sp³-hybridized carbons (Fsp3) is 0.533. The molecule has 3 aliphatic rings. The molecule has 0 aromatic rings. The van der Waals surface area contributed by atoms with Gasteiger partial charge in [0, 0.05) is 17.4 Å². The van der Waals surface area contributed by atoms with E-state index in [0.29, 0.717) is 11.5 Å². The van der Waals surface area contributed by atoms with Crippen LogP contribution in [-0.2, 0) is 9.53 Å². The van der Waals surface area contributed by atoms with E-state index in [1.807, 2.05) is 0 Å². The lowest BCUT2D eigenvalue weighted by Gasteiger charge is -2.26. The van der Waals surface area contributed by atoms with Crippen LogP contribution in [0.1, 0.15) is 25.7 Å². The highest BCUT2D eigenvalue weighted by atomic mass is 16.6. The van der Waals surface area contributed by atoms with Gasteiger partial charge in [0.1, 0.15) is 6.10 Å². The van der Waals surface area contributed by atoms with E-state index in [4.69, 9.17) is 4.74 Å². The molecule has 1 aliphatic heterocycles. The number of allylic oxidation sites excluding steroid dienone is 1. The molecule has 2 aliphatic carbocycles. The largest absolute Gasteiger partial charge is 0.458 e. The maximum Gasteiger partial charge on any atom is 0.334 e. The summed E-state index contributed by atoms with van der Waals surface area (Å²) in [6.45, 7) is 12.3. The lowest BCUT2D eigenvalue weighted by molar-refractivity contribution is -0.141. The Morgan fingerprint density at radius 1 is 1.00 bits per heavy atom. The molecule has 0 unspecified atom stereocenters. The smallest absolute Gasteiger partial charge is 0.334 e. The van der Waals surface area contributed by atoms with E-state index in [9.17, 15) is 4.79 Å². The first-order valence-electron chi connectivity index (χ1n) is 6.34. The second-order valence-electron chi connectivity index (χ2n) is 5.53. The van der Waals surface area contributed by atoms with Crippen molar-refractivity contribution in [3.8, 4) is 0 Å². The summed E-state index contributed by atoms with van der Waals surface area (Å²) in [6.07, 6.45) is 4.09. The zero-order valence-corrected chi connectivity index (χ0v) is 10.1. The molecule has 0 N–H and O–H groups in total. The Morgan fingerprint density at radius 2 is 1.65 bits per heavy atom. The number of rotatable bonds is 0. The number of carbonyl (C=O) groups excluding carboxylic acids is 1. The van der Waals surface area contributed by atoms with Crippen molar-refractivity contribution in [1.82, 2.24) is 0 Å². The Labute approximate surface area is 102 Å². The van der Waals surface area contributed by atoms with Crippen LogP contribution in [0.3, 0.4) is 0 Å². The van der Waals surface area contributed by atoms with Gasteiger partial charge in [-0.1, -0.05) is 30.9 Å². The number of fused-ring (bicyclic) bond motifs is 3. The van der Waals surface area contributed by atoms with E-state index in [-0.39, 0.29) is 23.9 Å². The highest BCUT2D eigenvalue weighted by Crippen LogP contribution is 2.51. The van der Waals surface area contributed by atoms with Gasteiger partial charge >= 0.3 is 5.97 Å². The molecule has 2 heteroatoms. The molecule has 0 spiro atoms. The van der Waals surface area contributed by atoms with Crippen LogP contribution in [0.5, 0.6) is 0 Å². The third-order valence-corrected chi connectivity index (χ3v) is 4.69. The maximum absolute atomic E-state index is 11.7. The summed E-state index contributed by atoms with van der Waals surface area (Å²) in [7, 11) is 0. The Bertz CT molecular complexity index is 432. The van der Waals surface area contributed by atoms with Crippen molar-refractivity contribution in [3.63, 3.8) is 0 Å². The van der Waals surface area contributed by atoms with Gasteiger partial charge in [-0.25, -0.2) is 4.79 Å². The van der Waals surface area contributed by atoms with Gasteiger partial charge < -0.3 is 4.74 Å². The Morgan fingerprint density at radius 3 is 2.41 bits per heavy atom. The van der Waals surface area contributed by atoms with Crippen molar-refractivity contribution in [2.75, 3.05) is 0 Å². The number of hydrogen-bond acceptors (Lipinski definition) is 2. The van der Waals surface area contributed by atoms with Crippen LogP contribution in [0.4, 0.5) is 0 Å². The van der Waals surface area contributed by atoms with Gasteiger partial charge in [0.05, 0.1) is 0 Å². The Kier molecular flexibility index (Phi) is 2.29. The van der Waals surface area contributed by atoms with Crippen LogP contribution in [0.25, 0.3) is 0 Å². The van der Waals surface area contributed by atoms with E-state index in [1.54, 1.807) is 0 Å². The van der Waals surface area contributed by atoms with Gasteiger partial charge in [0.25, 0.3) is 0 Å². The standard InChI is InChI=1S/C15H18O2/c1-8-4-7-12-10(3)15(16)17-14(12)13-9(2)5-6-11(8)13/h11-14H,1-7H2/t11-,12-,13+,14+/m1/s1. The first-order chi connectivity index (χ1) is 8.09. The number of carbonyl (C=O) groups is 1. The SMILES string of the molecule is C=C1CC[C@@H]2C(=C)CC[C@@H]3C(=C)C(=O)O[C@@H]3[C@@H]12. The van der Waals surface area contributed by atoms with Gasteiger partial charge in [0.15, 0.2) is 0 Å². The highest BCUT2D eigenvalue weighted by Gasteiger charge is 2.50. The lowest BCUT2D eigenvalue weighted by atomic mass is 9.82. The lowest BCUT2D eigenvalue weighted by Crippen LogP contribution is -2.28. The van der Waals surface area contributed by atoms with E-state index in [1.165, 1.54) is 11.1 Å². The molecule has 2 saturated carbocycles. The molecule has 0 radical (unpaired) electrons. The summed E-state index contributed by atoms with van der Waals surface area (Å²) in [5, 5.41) is 0. The molecule has 0 amide bonds. The molecule has 1 heterocycles. The van der Waals surface area contributed by atoms with E-state index in [0.717, 1.165) is 25.7 Å². The fourth-order valence-corrected chi connectivity index (χ4v) is 3.71. The zero-order chi connectivity index (χ0) is 12.2. The van der Waals surface area contributed by atoms with E-state index >= 15 is 0 Å². The molecule has 2 nitrogen and oxygen atoms in total. The molecule has 0 bridgehead atoms. The second kappa shape index (κ2) is 3.59. The maximum atomic E-state index is 11.7. The fourth-order valence-electron chi connectivity index (χ4n) is 3.71. The quantitative estimate of drug-likeness (QED) is 0.363. The third-order valence-electron chi connectivity index (χ3n) is 4.69. The number of esters is 1. The molecule has 90 valence electrons. The van der Waals surface area contributed by atoms with Crippen molar-refractivity contribution in [1.29, 1.82) is 0 Å². The average Bonchev–Trinajstić information content (AvgIpc) is 2.75. The van der Waals surface area contributed by atoms with E-state index < -0.39 is 0 Å². The van der Waals surface area contributed by atoms with E-state index in [2.05, 4.69) is 19.7 Å². The summed E-state index contributed by atoms with van der Waals surface area (Å²) < 4.78 is 5.55. The van der Waals surface area contributed by atoms with Gasteiger partial charge in [-0.2, -0.15) is 0 Å². The summed E-state index contributed by atoms with van der Waals surface area (Å²) in [5.41, 5.74) is 3.20. The first kappa shape index (κ1) is 10.8. The van der Waals surface area contributed by atoms with Gasteiger partial charge in [-0.15, -0.1) is 0 Å². The van der Waals surface area contributed by atoms with Crippen molar-refractivity contribution in [2.45, 2.75) is 31.8 Å². The molecule has 3 rings (SSSR count). The van der Waals surface area contributed by atoms with Crippen LogP contribution in [0.15, 0.2) is 36.5 Å². The first-order valence-corrected chi connectivity index (χ1v) is 6.34. The van der Waals surface area contributed by atoms with Crippen molar-refractivity contribution < 1.29 is 9.53 Å². The van der Waals surface area contributed by atoms with Crippen molar-refractivity contribution in [3.05, 3.63) is 36.5 Å². The number of ether oxygens (including phenoxy) is 1. The highest BCUT2D eigenvalue weighted by molar-refractivity contribution is 5.91. The van der Waals surface area contributed by atoms with Crippen LogP contribution in [0, 0.1) is 17.8 Å². The summed E-state index contributed by atoms with van der Waals surface area (Å²) in [6, 6.07) is 0. The molecule has 4 atom stereocenters. The van der Waals surface area contributed by atoms with Crippen LogP contribution in [0.2, 0.25) is 0 Å². The van der Waals surface area contributed by atoms with Crippen LogP contribution < -0.4 is 0 Å². The predicted molar refractivity (Wildman–Crippen MR) is 66.2 cm³/mol. The monoisotopic (exact) mass is 230 g/mol. The second-order valence-corrected chi connectivity index (χ2v) is 5.53. The van der Waals surface area contributed by atoms with Crippen LogP contribution in [-0.4, -0.2) is 12.1 Å². The Balaban J connectivity index is 2.00. The zero-order valence-electron chi connectivity index (χ0n) is 10.1. The molecule has 17 heavy (non-hydrogen) atoms. The summed E-state index contributed by atoms with van der Waals surface area (Å²) in [5.74, 6) is 0.740. The number of hydrogen-bond donors (Lipinski definition) is 0. The van der Waals surface area contributed by atoms with Crippen LogP contribution >= 0.6 is 0 Å². The average molecular weight is 230 g/mol. The summed E-state index contributed by atoms with van der Waals surface area (Å²) in [4.78, 5) is 11.7. The molecule has 0 aromatic heterocycles. The predicted octanol–water partition coefficient (Wildman–Crippen LogP) is 3.02. The minimum Gasteiger partial charge on any atom is -0.458 e. The summed E-state index contributed by atoms with van der Waals surface area (Å²) >= 11 is 0.